The fraction of sp³-hybridized carbons (Fsp3) is 0.800. The van der Waals surface area contributed by atoms with Crippen LogP contribution in [-0.2, 0) is 0 Å². The van der Waals surface area contributed by atoms with Crippen molar-refractivity contribution in [3.63, 3.8) is 0 Å². The lowest BCUT2D eigenvalue weighted by molar-refractivity contribution is 0.205. The molecule has 0 aliphatic carbocycles. The highest BCUT2D eigenvalue weighted by atomic mass is 15.4. The van der Waals surface area contributed by atoms with E-state index in [1.165, 1.54) is 11.4 Å². The van der Waals surface area contributed by atoms with Gasteiger partial charge in [-0.25, -0.2) is 0 Å². The largest absolute Gasteiger partial charge is 0.356 e. The molecule has 1 heterocycles. The molecule has 0 amide bonds. The van der Waals surface area contributed by atoms with Gasteiger partial charge in [0.25, 0.3) is 0 Å². The number of rotatable bonds is 2. The Hall–Kier alpha value is -0.660. The predicted molar refractivity (Wildman–Crippen MR) is 52.6 cm³/mol. The quantitative estimate of drug-likeness (QED) is 0.624. The van der Waals surface area contributed by atoms with Gasteiger partial charge in [0.05, 0.1) is 6.17 Å². The number of hydrogen-bond donors (Lipinski definition) is 0. The van der Waals surface area contributed by atoms with E-state index < -0.39 is 0 Å². The lowest BCUT2D eigenvalue weighted by Gasteiger charge is -2.26. The van der Waals surface area contributed by atoms with Crippen LogP contribution in [0, 0.1) is 0 Å². The molecule has 12 heavy (non-hydrogen) atoms. The molecule has 2 nitrogen and oxygen atoms in total. The Labute approximate surface area is 75.8 Å². The minimum absolute atomic E-state index is 0.537. The SMILES string of the molecule is CCC1=C(CC)N(C)C(C)N1C. The minimum atomic E-state index is 0.537. The van der Waals surface area contributed by atoms with Crippen LogP contribution in [-0.4, -0.2) is 30.1 Å². The zero-order valence-electron chi connectivity index (χ0n) is 8.89. The van der Waals surface area contributed by atoms with Crippen LogP contribution in [0.1, 0.15) is 33.6 Å². The van der Waals surface area contributed by atoms with Gasteiger partial charge in [-0.15, -0.1) is 0 Å². The van der Waals surface area contributed by atoms with Crippen LogP contribution in [0.4, 0.5) is 0 Å². The second kappa shape index (κ2) is 3.38. The van der Waals surface area contributed by atoms with Crippen LogP contribution in [0.25, 0.3) is 0 Å². The summed E-state index contributed by atoms with van der Waals surface area (Å²) in [4.78, 5) is 4.75. The van der Waals surface area contributed by atoms with Crippen LogP contribution in [0.3, 0.4) is 0 Å². The average Bonchev–Trinajstić information content (AvgIpc) is 2.29. The molecule has 1 rings (SSSR count). The summed E-state index contributed by atoms with van der Waals surface area (Å²) < 4.78 is 0. The highest BCUT2D eigenvalue weighted by molar-refractivity contribution is 5.18. The van der Waals surface area contributed by atoms with Crippen LogP contribution in [0.2, 0.25) is 0 Å². The first-order valence-electron chi connectivity index (χ1n) is 4.81. The molecule has 0 unspecified atom stereocenters. The van der Waals surface area contributed by atoms with Gasteiger partial charge >= 0.3 is 0 Å². The number of hydrogen-bond acceptors (Lipinski definition) is 2. The Balaban J connectivity index is 2.93. The van der Waals surface area contributed by atoms with Crippen molar-refractivity contribution in [1.29, 1.82) is 0 Å². The van der Waals surface area contributed by atoms with E-state index in [9.17, 15) is 0 Å². The van der Waals surface area contributed by atoms with Gasteiger partial charge in [0.2, 0.25) is 0 Å². The third-order valence-corrected chi connectivity index (χ3v) is 2.98. The van der Waals surface area contributed by atoms with Crippen molar-refractivity contribution >= 4 is 0 Å². The zero-order chi connectivity index (χ0) is 9.30. The van der Waals surface area contributed by atoms with Crippen LogP contribution >= 0.6 is 0 Å². The third kappa shape index (κ3) is 1.19. The molecule has 0 aromatic rings. The summed E-state index contributed by atoms with van der Waals surface area (Å²) >= 11 is 0. The molecule has 0 spiro atoms. The Morgan fingerprint density at radius 2 is 1.33 bits per heavy atom. The topological polar surface area (TPSA) is 6.48 Å². The molecule has 0 aromatic carbocycles. The van der Waals surface area contributed by atoms with Gasteiger partial charge in [0.15, 0.2) is 0 Å². The van der Waals surface area contributed by atoms with Crippen LogP contribution in [0.5, 0.6) is 0 Å². The van der Waals surface area contributed by atoms with E-state index >= 15 is 0 Å². The Kier molecular flexibility index (Phi) is 2.65. The van der Waals surface area contributed by atoms with E-state index in [1.807, 2.05) is 0 Å². The first-order chi connectivity index (χ1) is 5.63. The Bertz CT molecular complexity index is 176. The van der Waals surface area contributed by atoms with Crippen molar-refractivity contribution in [1.82, 2.24) is 9.80 Å². The molecule has 0 fully saturated rings. The second-order valence-corrected chi connectivity index (χ2v) is 3.45. The monoisotopic (exact) mass is 168 g/mol. The fourth-order valence-corrected chi connectivity index (χ4v) is 2.02. The van der Waals surface area contributed by atoms with Gasteiger partial charge in [-0.3, -0.25) is 0 Å². The lowest BCUT2D eigenvalue weighted by Crippen LogP contribution is -2.32. The second-order valence-electron chi connectivity index (χ2n) is 3.45. The molecule has 0 saturated heterocycles. The van der Waals surface area contributed by atoms with Crippen molar-refractivity contribution in [3.05, 3.63) is 11.4 Å². The maximum absolute atomic E-state index is 2.37. The van der Waals surface area contributed by atoms with Crippen molar-refractivity contribution in [2.24, 2.45) is 0 Å². The fourth-order valence-electron chi connectivity index (χ4n) is 2.02. The summed E-state index contributed by atoms with van der Waals surface area (Å²) in [7, 11) is 4.37. The Morgan fingerprint density at radius 3 is 1.58 bits per heavy atom. The third-order valence-electron chi connectivity index (χ3n) is 2.98. The smallest absolute Gasteiger partial charge is 0.0976 e. The molecule has 0 atom stereocenters. The van der Waals surface area contributed by atoms with Crippen molar-refractivity contribution in [2.45, 2.75) is 39.8 Å². The van der Waals surface area contributed by atoms with Gasteiger partial charge in [-0.2, -0.15) is 0 Å². The molecular formula is C10H20N2. The first-order valence-corrected chi connectivity index (χ1v) is 4.81. The highest BCUT2D eigenvalue weighted by Crippen LogP contribution is 2.29. The molecular weight excluding hydrogens is 148 g/mol. The molecule has 2 heteroatoms. The molecule has 70 valence electrons. The van der Waals surface area contributed by atoms with Crippen LogP contribution < -0.4 is 0 Å². The van der Waals surface area contributed by atoms with Gasteiger partial charge in [-0.05, 0) is 19.8 Å². The van der Waals surface area contributed by atoms with Crippen molar-refractivity contribution in [2.75, 3.05) is 14.1 Å². The number of allylic oxidation sites excluding steroid dienone is 2. The maximum atomic E-state index is 2.37. The van der Waals surface area contributed by atoms with E-state index in [4.69, 9.17) is 0 Å². The number of nitrogens with zero attached hydrogens (tertiary/aromatic N) is 2. The van der Waals surface area contributed by atoms with E-state index in [1.54, 1.807) is 0 Å². The molecule has 0 saturated carbocycles. The summed E-state index contributed by atoms with van der Waals surface area (Å²) in [5, 5.41) is 0. The molecule has 0 aromatic heterocycles. The summed E-state index contributed by atoms with van der Waals surface area (Å²) in [5.41, 5.74) is 3.01. The maximum Gasteiger partial charge on any atom is 0.0976 e. The summed E-state index contributed by atoms with van der Waals surface area (Å²) in [6, 6.07) is 0. The van der Waals surface area contributed by atoms with E-state index in [-0.39, 0.29) is 0 Å². The summed E-state index contributed by atoms with van der Waals surface area (Å²) in [6.45, 7) is 6.71. The van der Waals surface area contributed by atoms with Gasteiger partial charge < -0.3 is 9.80 Å². The standard InChI is InChI=1S/C10H20N2/c1-6-9-10(7-2)12(5)8(3)11(9)4/h8H,6-7H2,1-5H3. The summed E-state index contributed by atoms with van der Waals surface area (Å²) in [5.74, 6) is 0. The Morgan fingerprint density at radius 1 is 1.00 bits per heavy atom. The minimum Gasteiger partial charge on any atom is -0.356 e. The molecule has 0 bridgehead atoms. The highest BCUT2D eigenvalue weighted by Gasteiger charge is 2.27. The molecule has 1 aliphatic heterocycles. The molecule has 0 radical (unpaired) electrons. The zero-order valence-corrected chi connectivity index (χ0v) is 8.89. The van der Waals surface area contributed by atoms with Crippen molar-refractivity contribution < 1.29 is 0 Å². The first kappa shape index (κ1) is 9.43. The van der Waals surface area contributed by atoms with E-state index in [0.717, 1.165) is 12.8 Å². The van der Waals surface area contributed by atoms with E-state index in [0.29, 0.717) is 6.17 Å². The van der Waals surface area contributed by atoms with Gasteiger partial charge in [0.1, 0.15) is 0 Å². The van der Waals surface area contributed by atoms with Gasteiger partial charge in [0, 0.05) is 25.5 Å². The summed E-state index contributed by atoms with van der Waals surface area (Å²) in [6.07, 6.45) is 2.83. The van der Waals surface area contributed by atoms with Crippen molar-refractivity contribution in [3.8, 4) is 0 Å². The molecule has 1 aliphatic rings. The van der Waals surface area contributed by atoms with Gasteiger partial charge in [-0.1, -0.05) is 13.8 Å². The van der Waals surface area contributed by atoms with Crippen LogP contribution in [0.15, 0.2) is 11.4 Å². The van der Waals surface area contributed by atoms with E-state index in [2.05, 4.69) is 44.7 Å². The normalized spacial score (nSPS) is 19.8. The lowest BCUT2D eigenvalue weighted by atomic mass is 10.2. The average molecular weight is 168 g/mol. The molecule has 0 N–H and O–H groups in total. The predicted octanol–water partition coefficient (Wildman–Crippen LogP) is 2.24.